The molecule has 1 nitrogen and oxygen atoms in total. The molecule has 0 saturated heterocycles. The molecule has 0 aromatic heterocycles. The standard InChI is InChI=1S/C15H23BrClN/c1-5-18-11(4)14(10(2)3)8-12-6-7-13(16)9-15(12)17/h6-7,9-11,14,18H,5,8H2,1-4H3. The van der Waals surface area contributed by atoms with Gasteiger partial charge in [0.25, 0.3) is 0 Å². The summed E-state index contributed by atoms with van der Waals surface area (Å²) in [6.07, 6.45) is 1.03. The van der Waals surface area contributed by atoms with Crippen molar-refractivity contribution in [2.75, 3.05) is 6.54 Å². The van der Waals surface area contributed by atoms with Crippen LogP contribution in [0.2, 0.25) is 5.02 Å². The molecule has 2 unspecified atom stereocenters. The molecule has 2 atom stereocenters. The zero-order valence-electron chi connectivity index (χ0n) is 11.6. The second-order valence-corrected chi connectivity index (χ2v) is 6.52. The highest BCUT2D eigenvalue weighted by Crippen LogP contribution is 2.27. The Morgan fingerprint density at radius 3 is 2.44 bits per heavy atom. The third-order valence-electron chi connectivity index (χ3n) is 3.50. The van der Waals surface area contributed by atoms with Gasteiger partial charge >= 0.3 is 0 Å². The topological polar surface area (TPSA) is 12.0 Å². The first-order valence-corrected chi connectivity index (χ1v) is 7.80. The Balaban J connectivity index is 2.83. The van der Waals surface area contributed by atoms with E-state index in [1.54, 1.807) is 0 Å². The van der Waals surface area contributed by atoms with Gasteiger partial charge in [-0.25, -0.2) is 0 Å². The smallest absolute Gasteiger partial charge is 0.0449 e. The lowest BCUT2D eigenvalue weighted by Crippen LogP contribution is -2.37. The average molecular weight is 333 g/mol. The molecule has 0 spiro atoms. The summed E-state index contributed by atoms with van der Waals surface area (Å²) < 4.78 is 1.04. The van der Waals surface area contributed by atoms with Gasteiger partial charge in [0.05, 0.1) is 0 Å². The first-order chi connectivity index (χ1) is 8.45. The maximum absolute atomic E-state index is 6.31. The average Bonchev–Trinajstić information content (AvgIpc) is 2.27. The molecule has 0 saturated carbocycles. The molecule has 0 aliphatic rings. The van der Waals surface area contributed by atoms with E-state index >= 15 is 0 Å². The van der Waals surface area contributed by atoms with Gasteiger partial charge in [-0.2, -0.15) is 0 Å². The number of rotatable bonds is 6. The lowest BCUT2D eigenvalue weighted by atomic mass is 9.84. The van der Waals surface area contributed by atoms with E-state index in [-0.39, 0.29) is 0 Å². The molecule has 3 heteroatoms. The molecule has 1 aromatic rings. The maximum atomic E-state index is 6.31. The monoisotopic (exact) mass is 331 g/mol. The number of benzene rings is 1. The van der Waals surface area contributed by atoms with Crippen LogP contribution in [-0.2, 0) is 6.42 Å². The minimum atomic E-state index is 0.509. The van der Waals surface area contributed by atoms with E-state index in [4.69, 9.17) is 11.6 Å². The lowest BCUT2D eigenvalue weighted by molar-refractivity contribution is 0.292. The number of hydrogen-bond acceptors (Lipinski definition) is 1. The van der Waals surface area contributed by atoms with Crippen molar-refractivity contribution in [2.24, 2.45) is 11.8 Å². The highest BCUT2D eigenvalue weighted by atomic mass is 79.9. The van der Waals surface area contributed by atoms with Crippen LogP contribution in [0.5, 0.6) is 0 Å². The summed E-state index contributed by atoms with van der Waals surface area (Å²) in [7, 11) is 0. The van der Waals surface area contributed by atoms with Crippen LogP contribution >= 0.6 is 27.5 Å². The van der Waals surface area contributed by atoms with Crippen molar-refractivity contribution in [3.05, 3.63) is 33.3 Å². The van der Waals surface area contributed by atoms with Crippen LogP contribution in [0.4, 0.5) is 0 Å². The third-order valence-corrected chi connectivity index (χ3v) is 4.34. The molecule has 18 heavy (non-hydrogen) atoms. The van der Waals surface area contributed by atoms with Crippen molar-refractivity contribution < 1.29 is 0 Å². The minimum absolute atomic E-state index is 0.509. The number of hydrogen-bond donors (Lipinski definition) is 1. The summed E-state index contributed by atoms with van der Waals surface area (Å²) in [6.45, 7) is 10.00. The van der Waals surface area contributed by atoms with E-state index in [0.29, 0.717) is 17.9 Å². The molecule has 0 aliphatic carbocycles. The fourth-order valence-corrected chi connectivity index (χ4v) is 3.15. The normalized spacial score (nSPS) is 14.8. The van der Waals surface area contributed by atoms with Crippen LogP contribution in [-0.4, -0.2) is 12.6 Å². The van der Waals surface area contributed by atoms with Gasteiger partial charge in [-0.15, -0.1) is 0 Å². The summed E-state index contributed by atoms with van der Waals surface area (Å²) in [6, 6.07) is 6.68. The Hall–Kier alpha value is -0.0500. The molecule has 0 fully saturated rings. The van der Waals surface area contributed by atoms with E-state index in [1.165, 1.54) is 5.56 Å². The van der Waals surface area contributed by atoms with Crippen molar-refractivity contribution in [1.29, 1.82) is 0 Å². The fourth-order valence-electron chi connectivity index (χ4n) is 2.40. The molecule has 0 aliphatic heterocycles. The molecule has 0 radical (unpaired) electrons. The number of halogens is 2. The highest BCUT2D eigenvalue weighted by Gasteiger charge is 2.21. The zero-order chi connectivity index (χ0) is 13.7. The molecule has 1 aromatic carbocycles. The maximum Gasteiger partial charge on any atom is 0.0449 e. The van der Waals surface area contributed by atoms with Gasteiger partial charge in [0.15, 0.2) is 0 Å². The highest BCUT2D eigenvalue weighted by molar-refractivity contribution is 9.10. The van der Waals surface area contributed by atoms with Crippen molar-refractivity contribution in [3.8, 4) is 0 Å². The first kappa shape index (κ1) is 16.0. The van der Waals surface area contributed by atoms with Gasteiger partial charge in [-0.05, 0) is 49.4 Å². The Kier molecular flexibility index (Phi) is 6.68. The molecule has 1 rings (SSSR count). The van der Waals surface area contributed by atoms with E-state index in [9.17, 15) is 0 Å². The van der Waals surface area contributed by atoms with Crippen LogP contribution in [0.25, 0.3) is 0 Å². The van der Waals surface area contributed by atoms with Crippen LogP contribution in [0, 0.1) is 11.8 Å². The SMILES string of the molecule is CCNC(C)C(Cc1ccc(Br)cc1Cl)C(C)C. The van der Waals surface area contributed by atoms with Crippen LogP contribution in [0.3, 0.4) is 0 Å². The Bertz CT molecular complexity index is 379. The largest absolute Gasteiger partial charge is 0.314 e. The van der Waals surface area contributed by atoms with Crippen LogP contribution in [0.15, 0.2) is 22.7 Å². The van der Waals surface area contributed by atoms with E-state index in [1.807, 2.05) is 6.07 Å². The molecule has 1 N–H and O–H groups in total. The van der Waals surface area contributed by atoms with E-state index in [0.717, 1.165) is 22.5 Å². The summed E-state index contributed by atoms with van der Waals surface area (Å²) in [5, 5.41) is 4.39. The first-order valence-electron chi connectivity index (χ1n) is 6.63. The minimum Gasteiger partial charge on any atom is -0.314 e. The van der Waals surface area contributed by atoms with Gasteiger partial charge in [-0.1, -0.05) is 54.4 Å². The molecule has 0 amide bonds. The van der Waals surface area contributed by atoms with Crippen molar-refractivity contribution in [1.82, 2.24) is 5.32 Å². The van der Waals surface area contributed by atoms with Crippen LogP contribution < -0.4 is 5.32 Å². The molecule has 102 valence electrons. The second kappa shape index (κ2) is 7.52. The van der Waals surface area contributed by atoms with Gasteiger partial charge in [-0.3, -0.25) is 0 Å². The quantitative estimate of drug-likeness (QED) is 0.780. The number of nitrogens with one attached hydrogen (secondary N) is 1. The van der Waals surface area contributed by atoms with Gasteiger partial charge < -0.3 is 5.32 Å². The molecule has 0 bridgehead atoms. The van der Waals surface area contributed by atoms with E-state index in [2.05, 4.69) is 61.1 Å². The summed E-state index contributed by atoms with van der Waals surface area (Å²) in [5.74, 6) is 1.24. The fraction of sp³-hybridized carbons (Fsp3) is 0.600. The zero-order valence-corrected chi connectivity index (χ0v) is 14.0. The summed E-state index contributed by atoms with van der Waals surface area (Å²) >= 11 is 9.76. The van der Waals surface area contributed by atoms with Gasteiger partial charge in [0, 0.05) is 15.5 Å². The molecular weight excluding hydrogens is 310 g/mol. The predicted octanol–water partition coefficient (Wildman–Crippen LogP) is 4.92. The third kappa shape index (κ3) is 4.56. The van der Waals surface area contributed by atoms with E-state index < -0.39 is 0 Å². The van der Waals surface area contributed by atoms with Crippen molar-refractivity contribution >= 4 is 27.5 Å². The lowest BCUT2D eigenvalue weighted by Gasteiger charge is -2.28. The summed E-state index contributed by atoms with van der Waals surface area (Å²) in [4.78, 5) is 0. The van der Waals surface area contributed by atoms with Crippen molar-refractivity contribution in [3.63, 3.8) is 0 Å². The second-order valence-electron chi connectivity index (χ2n) is 5.19. The summed E-state index contributed by atoms with van der Waals surface area (Å²) in [5.41, 5.74) is 1.24. The predicted molar refractivity (Wildman–Crippen MR) is 84.3 cm³/mol. The molecular formula is C15H23BrClN. The van der Waals surface area contributed by atoms with Crippen molar-refractivity contribution in [2.45, 2.75) is 40.2 Å². The Morgan fingerprint density at radius 2 is 1.94 bits per heavy atom. The molecule has 0 heterocycles. The van der Waals surface area contributed by atoms with Crippen LogP contribution in [0.1, 0.15) is 33.3 Å². The van der Waals surface area contributed by atoms with Gasteiger partial charge in [0.1, 0.15) is 0 Å². The Labute approximate surface area is 124 Å². The van der Waals surface area contributed by atoms with Gasteiger partial charge in [0.2, 0.25) is 0 Å². The Morgan fingerprint density at radius 1 is 1.28 bits per heavy atom.